The van der Waals surface area contributed by atoms with E-state index in [0.717, 1.165) is 58.2 Å². The molecule has 1 aromatic rings. The van der Waals surface area contributed by atoms with Gasteiger partial charge >= 0.3 is 0 Å². The number of piperidine rings is 1. The van der Waals surface area contributed by atoms with Gasteiger partial charge < -0.3 is 10.2 Å². The minimum Gasteiger partial charge on any atom is -0.338 e. The van der Waals surface area contributed by atoms with Crippen molar-refractivity contribution in [1.29, 1.82) is 0 Å². The smallest absolute Gasteiger partial charge is 0.250 e. The summed E-state index contributed by atoms with van der Waals surface area (Å²) in [6.07, 6.45) is 10.8. The van der Waals surface area contributed by atoms with Crippen LogP contribution in [0, 0.1) is 0 Å². The highest BCUT2D eigenvalue weighted by Crippen LogP contribution is 2.31. The first-order valence-electron chi connectivity index (χ1n) is 9.54. The number of amides is 1. The summed E-state index contributed by atoms with van der Waals surface area (Å²) in [6.45, 7) is 5.56. The molecule has 1 aliphatic carbocycles. The Morgan fingerprint density at radius 1 is 1.04 bits per heavy atom. The van der Waals surface area contributed by atoms with Crippen molar-refractivity contribution in [3.63, 3.8) is 0 Å². The minimum absolute atomic E-state index is 0. The van der Waals surface area contributed by atoms with Crippen LogP contribution in [0.5, 0.6) is 0 Å². The van der Waals surface area contributed by atoms with Gasteiger partial charge in [0.25, 0.3) is 5.91 Å². The van der Waals surface area contributed by atoms with Crippen molar-refractivity contribution in [3.8, 4) is 0 Å². The van der Waals surface area contributed by atoms with E-state index >= 15 is 0 Å². The number of hydrogen-bond acceptors (Lipinski definition) is 4. The van der Waals surface area contributed by atoms with Crippen molar-refractivity contribution in [2.24, 2.45) is 0 Å². The molecule has 0 bridgehead atoms. The topological polar surface area (TPSA) is 53.4 Å². The van der Waals surface area contributed by atoms with Gasteiger partial charge in [-0.3, -0.25) is 14.4 Å². The number of carbonyl (C=O) groups excluding carboxylic acids is 1. The monoisotopic (exact) mass is 403 g/mol. The Balaban J connectivity index is 0.00000121. The molecule has 8 heteroatoms. The van der Waals surface area contributed by atoms with Crippen LogP contribution in [0.1, 0.15) is 38.5 Å². The fraction of sp³-hybridized carbons (Fsp3) is 0.778. The number of nitrogens with zero attached hydrogens (tertiary/aromatic N) is 4. The molecule has 0 spiro atoms. The maximum atomic E-state index is 13.4. The molecule has 1 aromatic heterocycles. The molecule has 6 nitrogen and oxygen atoms in total. The Labute approximate surface area is 168 Å². The van der Waals surface area contributed by atoms with Crippen LogP contribution in [0.15, 0.2) is 18.5 Å². The molecular weight excluding hydrogens is 373 g/mol. The van der Waals surface area contributed by atoms with Gasteiger partial charge in [-0.2, -0.15) is 5.10 Å². The fourth-order valence-electron chi connectivity index (χ4n) is 4.76. The van der Waals surface area contributed by atoms with Crippen molar-refractivity contribution >= 4 is 30.7 Å². The molecule has 4 rings (SSSR count). The lowest BCUT2D eigenvalue weighted by molar-refractivity contribution is -0.145. The van der Waals surface area contributed by atoms with E-state index in [1.165, 1.54) is 25.7 Å². The van der Waals surface area contributed by atoms with Crippen LogP contribution in [0.2, 0.25) is 0 Å². The summed E-state index contributed by atoms with van der Waals surface area (Å²) in [5.74, 6) is 0.277. The zero-order chi connectivity index (χ0) is 16.4. The van der Waals surface area contributed by atoms with Crippen molar-refractivity contribution in [2.75, 3.05) is 39.3 Å². The minimum atomic E-state index is -0.482. The zero-order valence-electron chi connectivity index (χ0n) is 15.3. The maximum absolute atomic E-state index is 13.4. The van der Waals surface area contributed by atoms with Gasteiger partial charge in [0.2, 0.25) is 0 Å². The number of aromatic nitrogens is 2. The van der Waals surface area contributed by atoms with Crippen LogP contribution in [-0.4, -0.2) is 70.8 Å². The average Bonchev–Trinajstić information content (AvgIpc) is 3.35. The van der Waals surface area contributed by atoms with Gasteiger partial charge in [0.15, 0.2) is 0 Å². The Morgan fingerprint density at radius 3 is 2.27 bits per heavy atom. The van der Waals surface area contributed by atoms with E-state index in [1.54, 1.807) is 6.20 Å². The normalized spacial score (nSPS) is 23.9. The number of piperazine rings is 1. The van der Waals surface area contributed by atoms with E-state index in [1.807, 2.05) is 16.9 Å². The lowest BCUT2D eigenvalue weighted by Gasteiger charge is -2.44. The van der Waals surface area contributed by atoms with Crippen LogP contribution in [-0.2, 0) is 10.3 Å². The van der Waals surface area contributed by atoms with Crippen LogP contribution in [0.3, 0.4) is 0 Å². The van der Waals surface area contributed by atoms with E-state index in [-0.39, 0.29) is 30.7 Å². The molecule has 0 unspecified atom stereocenters. The molecular formula is C18H31Cl2N5O. The lowest BCUT2D eigenvalue weighted by atomic mass is 9.86. The summed E-state index contributed by atoms with van der Waals surface area (Å²) in [5, 5.41) is 7.82. The van der Waals surface area contributed by atoms with Crippen molar-refractivity contribution < 1.29 is 4.79 Å². The number of carbonyl (C=O) groups is 1. The molecule has 1 amide bonds. The number of nitrogens with one attached hydrogen (secondary N) is 1. The predicted octanol–water partition coefficient (Wildman–Crippen LogP) is 1.89. The van der Waals surface area contributed by atoms with Crippen LogP contribution in [0.4, 0.5) is 0 Å². The van der Waals surface area contributed by atoms with Crippen molar-refractivity contribution in [2.45, 2.75) is 50.1 Å². The molecule has 0 radical (unpaired) electrons. The fourth-order valence-corrected chi connectivity index (χ4v) is 4.76. The van der Waals surface area contributed by atoms with E-state index in [9.17, 15) is 4.79 Å². The molecule has 1 N–H and O–H groups in total. The molecule has 0 aromatic carbocycles. The molecule has 148 valence electrons. The first-order valence-corrected chi connectivity index (χ1v) is 9.54. The SMILES string of the molecule is Cl.Cl.O=C(N1CCN(C2CCCC2)CC1)C1(n2cccn2)CCNCC1. The third kappa shape index (κ3) is 4.03. The zero-order valence-corrected chi connectivity index (χ0v) is 16.9. The Bertz CT molecular complexity index is 548. The van der Waals surface area contributed by atoms with E-state index in [0.29, 0.717) is 0 Å². The molecule has 3 fully saturated rings. The standard InChI is InChI=1S/C18H29N5O.2ClH/c24-17(18(6-9-19-10-7-18)23-11-3-8-20-23)22-14-12-21(13-15-22)16-4-1-2-5-16;;/h3,8,11,16,19H,1-2,4-7,9-10,12-15H2;2*1H. The Morgan fingerprint density at radius 2 is 1.69 bits per heavy atom. The molecule has 26 heavy (non-hydrogen) atoms. The van der Waals surface area contributed by atoms with Gasteiger partial charge in [-0.25, -0.2) is 0 Å². The van der Waals surface area contributed by atoms with E-state index in [2.05, 4.69) is 20.2 Å². The van der Waals surface area contributed by atoms with Crippen LogP contribution >= 0.6 is 24.8 Å². The first kappa shape index (κ1) is 21.5. The number of rotatable bonds is 3. The summed E-state index contributed by atoms with van der Waals surface area (Å²) < 4.78 is 1.92. The van der Waals surface area contributed by atoms with Crippen molar-refractivity contribution in [1.82, 2.24) is 24.9 Å². The number of halogens is 2. The summed E-state index contributed by atoms with van der Waals surface area (Å²) in [5.41, 5.74) is -0.482. The first-order chi connectivity index (χ1) is 11.8. The van der Waals surface area contributed by atoms with Crippen LogP contribution in [0.25, 0.3) is 0 Å². The second-order valence-corrected chi connectivity index (χ2v) is 7.50. The van der Waals surface area contributed by atoms with E-state index in [4.69, 9.17) is 0 Å². The molecule has 2 saturated heterocycles. The largest absolute Gasteiger partial charge is 0.338 e. The Kier molecular flexibility index (Phi) is 7.76. The van der Waals surface area contributed by atoms with Gasteiger partial charge in [0.05, 0.1) is 0 Å². The van der Waals surface area contributed by atoms with Gasteiger partial charge in [0.1, 0.15) is 5.54 Å². The quantitative estimate of drug-likeness (QED) is 0.836. The molecule has 3 aliphatic rings. The lowest BCUT2D eigenvalue weighted by Crippen LogP contribution is -2.60. The predicted molar refractivity (Wildman–Crippen MR) is 107 cm³/mol. The third-order valence-electron chi connectivity index (χ3n) is 6.21. The summed E-state index contributed by atoms with van der Waals surface area (Å²) in [4.78, 5) is 18.1. The second kappa shape index (κ2) is 9.40. The van der Waals surface area contributed by atoms with Crippen LogP contribution < -0.4 is 5.32 Å². The Hall–Kier alpha value is -0.820. The van der Waals surface area contributed by atoms with E-state index < -0.39 is 5.54 Å². The third-order valence-corrected chi connectivity index (χ3v) is 6.21. The molecule has 1 saturated carbocycles. The molecule has 0 atom stereocenters. The second-order valence-electron chi connectivity index (χ2n) is 7.50. The van der Waals surface area contributed by atoms with Crippen molar-refractivity contribution in [3.05, 3.63) is 18.5 Å². The summed E-state index contributed by atoms with van der Waals surface area (Å²) >= 11 is 0. The van der Waals surface area contributed by atoms with Gasteiger partial charge in [-0.05, 0) is 44.8 Å². The highest BCUT2D eigenvalue weighted by molar-refractivity contribution is 5.86. The molecule has 2 aliphatic heterocycles. The summed E-state index contributed by atoms with van der Waals surface area (Å²) in [7, 11) is 0. The van der Waals surface area contributed by atoms with Gasteiger partial charge in [-0.15, -0.1) is 24.8 Å². The van der Waals surface area contributed by atoms with Gasteiger partial charge in [-0.1, -0.05) is 12.8 Å². The average molecular weight is 404 g/mol. The number of hydrogen-bond donors (Lipinski definition) is 1. The summed E-state index contributed by atoms with van der Waals surface area (Å²) in [6, 6.07) is 2.69. The molecule has 3 heterocycles. The highest BCUT2D eigenvalue weighted by atomic mass is 35.5. The highest BCUT2D eigenvalue weighted by Gasteiger charge is 2.45. The maximum Gasteiger partial charge on any atom is 0.250 e. The van der Waals surface area contributed by atoms with Gasteiger partial charge in [0, 0.05) is 44.6 Å².